The fourth-order valence-electron chi connectivity index (χ4n) is 3.25. The van der Waals surface area contributed by atoms with Gasteiger partial charge in [0.1, 0.15) is 5.82 Å². The summed E-state index contributed by atoms with van der Waals surface area (Å²) in [6, 6.07) is 3.73. The molecule has 0 radical (unpaired) electrons. The molecule has 162 valence electrons. The number of rotatable bonds is 10. The zero-order chi connectivity index (χ0) is 21.7. The molecule has 2 heterocycles. The summed E-state index contributed by atoms with van der Waals surface area (Å²) in [7, 11) is 3.21. The Morgan fingerprint density at radius 2 is 1.83 bits per heavy atom. The number of ether oxygens (including phenoxy) is 2. The molecule has 0 saturated heterocycles. The summed E-state index contributed by atoms with van der Waals surface area (Å²) in [5.74, 6) is 2.85. The second kappa shape index (κ2) is 9.60. The molecule has 9 heteroatoms. The number of nitrogens with zero attached hydrogens (tertiary/aromatic N) is 4. The van der Waals surface area contributed by atoms with Crippen molar-refractivity contribution >= 4 is 28.4 Å². The molecule has 3 aromatic rings. The van der Waals surface area contributed by atoms with Gasteiger partial charge in [-0.1, -0.05) is 13.8 Å². The number of hydrogen-bond acceptors (Lipinski definition) is 7. The molecule has 0 fully saturated rings. The molecule has 1 aromatic carbocycles. The van der Waals surface area contributed by atoms with E-state index in [0.29, 0.717) is 36.1 Å². The highest BCUT2D eigenvalue weighted by atomic mass is 16.5. The molecular formula is C21H30N6O3. The summed E-state index contributed by atoms with van der Waals surface area (Å²) >= 11 is 0. The van der Waals surface area contributed by atoms with E-state index in [0.717, 1.165) is 36.1 Å². The third-order valence-corrected chi connectivity index (χ3v) is 5.25. The van der Waals surface area contributed by atoms with Gasteiger partial charge in [-0.2, -0.15) is 0 Å². The van der Waals surface area contributed by atoms with Crippen molar-refractivity contribution in [2.75, 3.05) is 32.6 Å². The summed E-state index contributed by atoms with van der Waals surface area (Å²) in [4.78, 5) is 16.6. The molecule has 1 amide bonds. The molecule has 0 spiro atoms. The number of carbonyl (C=O) groups is 1. The SMILES string of the molecule is CCC(C)C(=O)NCCCCNc1nc2cc(OC)c(OC)cc2n2c(C)nnc12. The van der Waals surface area contributed by atoms with Crippen LogP contribution in [-0.4, -0.2) is 52.8 Å². The Kier molecular flexibility index (Phi) is 6.91. The number of carbonyl (C=O) groups excluding carboxylic acids is 1. The van der Waals surface area contributed by atoms with Gasteiger partial charge in [0, 0.05) is 31.1 Å². The van der Waals surface area contributed by atoms with E-state index in [2.05, 4.69) is 20.8 Å². The minimum atomic E-state index is 0.0602. The number of aryl methyl sites for hydroxylation is 1. The van der Waals surface area contributed by atoms with Crippen molar-refractivity contribution in [3.8, 4) is 11.5 Å². The van der Waals surface area contributed by atoms with Crippen LogP contribution in [0.1, 0.15) is 38.9 Å². The van der Waals surface area contributed by atoms with Gasteiger partial charge in [-0.15, -0.1) is 10.2 Å². The number of benzene rings is 1. The van der Waals surface area contributed by atoms with E-state index in [1.165, 1.54) is 0 Å². The van der Waals surface area contributed by atoms with E-state index < -0.39 is 0 Å². The van der Waals surface area contributed by atoms with Crippen LogP contribution in [0, 0.1) is 12.8 Å². The first-order valence-corrected chi connectivity index (χ1v) is 10.3. The van der Waals surface area contributed by atoms with Gasteiger partial charge >= 0.3 is 0 Å². The van der Waals surface area contributed by atoms with Crippen LogP contribution in [0.3, 0.4) is 0 Å². The maximum atomic E-state index is 11.8. The maximum Gasteiger partial charge on any atom is 0.222 e. The minimum Gasteiger partial charge on any atom is -0.493 e. The number of fused-ring (bicyclic) bond motifs is 3. The number of amides is 1. The van der Waals surface area contributed by atoms with Crippen LogP contribution >= 0.6 is 0 Å². The Labute approximate surface area is 176 Å². The first kappa shape index (κ1) is 21.6. The Balaban J connectivity index is 1.73. The average Bonchev–Trinajstić information content (AvgIpc) is 3.16. The zero-order valence-electron chi connectivity index (χ0n) is 18.3. The topological polar surface area (TPSA) is 103 Å². The molecule has 1 unspecified atom stereocenters. The highest BCUT2D eigenvalue weighted by Crippen LogP contribution is 2.33. The van der Waals surface area contributed by atoms with Crippen LogP contribution in [0.25, 0.3) is 16.7 Å². The normalized spacial score (nSPS) is 12.2. The molecule has 0 aliphatic carbocycles. The molecular weight excluding hydrogens is 384 g/mol. The lowest BCUT2D eigenvalue weighted by molar-refractivity contribution is -0.124. The van der Waals surface area contributed by atoms with Crippen molar-refractivity contribution in [2.24, 2.45) is 5.92 Å². The van der Waals surface area contributed by atoms with Gasteiger partial charge in [0.2, 0.25) is 11.6 Å². The fraction of sp³-hybridized carbons (Fsp3) is 0.524. The molecule has 0 saturated carbocycles. The third kappa shape index (κ3) is 4.39. The number of nitrogens with one attached hydrogen (secondary N) is 2. The summed E-state index contributed by atoms with van der Waals surface area (Å²) < 4.78 is 12.8. The van der Waals surface area contributed by atoms with Crippen molar-refractivity contribution < 1.29 is 14.3 Å². The van der Waals surface area contributed by atoms with Crippen LogP contribution in [0.15, 0.2) is 12.1 Å². The molecule has 0 aliphatic rings. The number of anilines is 1. The molecule has 30 heavy (non-hydrogen) atoms. The van der Waals surface area contributed by atoms with Crippen LogP contribution in [0.5, 0.6) is 11.5 Å². The number of aromatic nitrogens is 4. The quantitative estimate of drug-likeness (QED) is 0.492. The van der Waals surface area contributed by atoms with Gasteiger partial charge in [-0.3, -0.25) is 9.20 Å². The largest absolute Gasteiger partial charge is 0.493 e. The molecule has 2 N–H and O–H groups in total. The number of unbranched alkanes of at least 4 members (excludes halogenated alkanes) is 1. The monoisotopic (exact) mass is 414 g/mol. The second-order valence-corrected chi connectivity index (χ2v) is 7.30. The van der Waals surface area contributed by atoms with Gasteiger partial charge in [0.25, 0.3) is 0 Å². The van der Waals surface area contributed by atoms with Crippen LogP contribution in [0.2, 0.25) is 0 Å². The Bertz CT molecular complexity index is 1030. The van der Waals surface area contributed by atoms with Gasteiger partial charge in [0.05, 0.1) is 25.3 Å². The first-order chi connectivity index (χ1) is 14.5. The summed E-state index contributed by atoms with van der Waals surface area (Å²) in [6.45, 7) is 7.25. The van der Waals surface area contributed by atoms with Crippen LogP contribution in [-0.2, 0) is 4.79 Å². The summed E-state index contributed by atoms with van der Waals surface area (Å²) in [5, 5.41) is 14.9. The lowest BCUT2D eigenvalue weighted by Crippen LogP contribution is -2.29. The minimum absolute atomic E-state index is 0.0602. The van der Waals surface area contributed by atoms with E-state index in [1.54, 1.807) is 14.2 Å². The van der Waals surface area contributed by atoms with E-state index in [4.69, 9.17) is 14.5 Å². The van der Waals surface area contributed by atoms with Gasteiger partial charge in [-0.05, 0) is 26.2 Å². The van der Waals surface area contributed by atoms with E-state index in [-0.39, 0.29) is 11.8 Å². The van der Waals surface area contributed by atoms with Crippen molar-refractivity contribution in [3.63, 3.8) is 0 Å². The van der Waals surface area contributed by atoms with Crippen LogP contribution in [0.4, 0.5) is 5.82 Å². The van der Waals surface area contributed by atoms with Crippen molar-refractivity contribution in [3.05, 3.63) is 18.0 Å². The van der Waals surface area contributed by atoms with Gasteiger partial charge in [0.15, 0.2) is 17.3 Å². The molecule has 0 bridgehead atoms. The smallest absolute Gasteiger partial charge is 0.222 e. The van der Waals surface area contributed by atoms with Gasteiger partial charge in [-0.25, -0.2) is 4.98 Å². The van der Waals surface area contributed by atoms with E-state index in [9.17, 15) is 4.79 Å². The second-order valence-electron chi connectivity index (χ2n) is 7.30. The number of hydrogen-bond donors (Lipinski definition) is 2. The van der Waals surface area contributed by atoms with Crippen molar-refractivity contribution in [1.29, 1.82) is 0 Å². The summed E-state index contributed by atoms with van der Waals surface area (Å²) in [5.41, 5.74) is 2.27. The van der Waals surface area contributed by atoms with E-state index >= 15 is 0 Å². The lowest BCUT2D eigenvalue weighted by Gasteiger charge is -2.13. The predicted molar refractivity (Wildman–Crippen MR) is 116 cm³/mol. The van der Waals surface area contributed by atoms with Crippen LogP contribution < -0.4 is 20.1 Å². The Morgan fingerprint density at radius 1 is 1.13 bits per heavy atom. The summed E-state index contributed by atoms with van der Waals surface area (Å²) in [6.07, 6.45) is 2.63. The standard InChI is InChI=1S/C21H30N6O3/c1-6-13(2)21(28)23-10-8-7-9-22-19-20-26-25-14(3)27(20)16-12-18(30-5)17(29-4)11-15(16)24-19/h11-13H,6-10H2,1-5H3,(H,22,24)(H,23,28). The van der Waals surface area contributed by atoms with Crippen molar-refractivity contribution in [1.82, 2.24) is 24.9 Å². The lowest BCUT2D eigenvalue weighted by atomic mass is 10.1. The highest BCUT2D eigenvalue weighted by Gasteiger charge is 2.16. The zero-order valence-corrected chi connectivity index (χ0v) is 18.3. The Morgan fingerprint density at radius 3 is 2.53 bits per heavy atom. The van der Waals surface area contributed by atoms with E-state index in [1.807, 2.05) is 37.3 Å². The molecule has 2 aromatic heterocycles. The molecule has 9 nitrogen and oxygen atoms in total. The first-order valence-electron chi connectivity index (χ1n) is 10.3. The third-order valence-electron chi connectivity index (χ3n) is 5.25. The number of methoxy groups -OCH3 is 2. The Hall–Kier alpha value is -3.10. The van der Waals surface area contributed by atoms with Crippen molar-refractivity contribution in [2.45, 2.75) is 40.0 Å². The fourth-order valence-corrected chi connectivity index (χ4v) is 3.25. The molecule has 0 aliphatic heterocycles. The maximum absolute atomic E-state index is 11.8. The molecule has 3 rings (SSSR count). The van der Waals surface area contributed by atoms with Gasteiger partial charge < -0.3 is 20.1 Å². The highest BCUT2D eigenvalue weighted by molar-refractivity contribution is 5.85. The predicted octanol–water partition coefficient (Wildman–Crippen LogP) is 2.96. The average molecular weight is 415 g/mol. The molecule has 1 atom stereocenters.